The van der Waals surface area contributed by atoms with E-state index in [-0.39, 0.29) is 12.2 Å². The minimum atomic E-state index is -0.989. The van der Waals surface area contributed by atoms with Crippen molar-refractivity contribution in [1.82, 2.24) is 10.2 Å². The summed E-state index contributed by atoms with van der Waals surface area (Å²) in [6.07, 6.45) is 0.671. The first-order valence-electron chi connectivity index (χ1n) is 5.57. The molecule has 0 spiro atoms. The molecule has 1 heterocycles. The molecule has 0 saturated heterocycles. The van der Waals surface area contributed by atoms with Crippen LogP contribution >= 0.6 is 15.9 Å². The summed E-state index contributed by atoms with van der Waals surface area (Å²) in [4.78, 5) is 10.8. The summed E-state index contributed by atoms with van der Waals surface area (Å²) in [6.45, 7) is 2.05. The van der Waals surface area contributed by atoms with E-state index in [1.165, 1.54) is 12.1 Å². The fourth-order valence-corrected chi connectivity index (χ4v) is 1.87. The Labute approximate surface area is 117 Å². The fourth-order valence-electron chi connectivity index (χ4n) is 1.38. The van der Waals surface area contributed by atoms with Gasteiger partial charge in [-0.2, -0.15) is 0 Å². The smallest absolute Gasteiger partial charge is 0.335 e. The third kappa shape index (κ3) is 3.31. The van der Waals surface area contributed by atoms with Gasteiger partial charge in [-0.25, -0.2) is 4.79 Å². The molecule has 100 valence electrons. The molecule has 7 heteroatoms. The van der Waals surface area contributed by atoms with E-state index in [1.807, 2.05) is 6.92 Å². The number of rotatable bonds is 5. The molecule has 0 aliphatic heterocycles. The Morgan fingerprint density at radius 1 is 1.42 bits per heavy atom. The molecule has 19 heavy (non-hydrogen) atoms. The maximum atomic E-state index is 10.8. The molecule has 0 bridgehead atoms. The van der Waals surface area contributed by atoms with Gasteiger partial charge in [0, 0.05) is 6.42 Å². The number of hydrogen-bond donors (Lipinski definition) is 1. The Balaban J connectivity index is 2.05. The van der Waals surface area contributed by atoms with Gasteiger partial charge in [-0.15, -0.1) is 10.2 Å². The summed E-state index contributed by atoms with van der Waals surface area (Å²) >= 11 is 3.25. The zero-order valence-electron chi connectivity index (χ0n) is 10.1. The second kappa shape index (κ2) is 5.83. The zero-order valence-corrected chi connectivity index (χ0v) is 11.7. The van der Waals surface area contributed by atoms with Gasteiger partial charge in [0.05, 0.1) is 10.0 Å². The Bertz CT molecular complexity index is 597. The van der Waals surface area contributed by atoms with Crippen LogP contribution in [-0.2, 0) is 13.0 Å². The van der Waals surface area contributed by atoms with Crippen LogP contribution in [0.15, 0.2) is 27.1 Å². The Kier molecular flexibility index (Phi) is 4.16. The summed E-state index contributed by atoms with van der Waals surface area (Å²) in [7, 11) is 0. The Hall–Kier alpha value is -1.89. The highest BCUT2D eigenvalue weighted by Gasteiger charge is 2.09. The third-order valence-electron chi connectivity index (χ3n) is 2.34. The normalized spacial score (nSPS) is 10.4. The first kappa shape index (κ1) is 13.5. The predicted octanol–water partition coefficient (Wildman–Crippen LogP) is 2.67. The molecule has 0 fully saturated rings. The second-order valence-electron chi connectivity index (χ2n) is 3.68. The van der Waals surface area contributed by atoms with Crippen molar-refractivity contribution in [3.8, 4) is 5.75 Å². The number of carboxylic acids is 1. The molecule has 0 radical (unpaired) electrons. The lowest BCUT2D eigenvalue weighted by atomic mass is 10.2. The van der Waals surface area contributed by atoms with Gasteiger partial charge in [0.25, 0.3) is 5.89 Å². The summed E-state index contributed by atoms with van der Waals surface area (Å²) in [5.74, 6) is 0.461. The summed E-state index contributed by atoms with van der Waals surface area (Å²) in [5, 5.41) is 16.5. The van der Waals surface area contributed by atoms with Crippen LogP contribution in [0.1, 0.15) is 29.1 Å². The van der Waals surface area contributed by atoms with E-state index in [9.17, 15) is 4.79 Å². The molecule has 0 unspecified atom stereocenters. The number of nitrogens with zero attached hydrogens (tertiary/aromatic N) is 2. The summed E-state index contributed by atoms with van der Waals surface area (Å²) < 4.78 is 11.3. The van der Waals surface area contributed by atoms with E-state index in [0.29, 0.717) is 28.4 Å². The van der Waals surface area contributed by atoms with Gasteiger partial charge >= 0.3 is 5.97 Å². The first-order chi connectivity index (χ1) is 9.10. The van der Waals surface area contributed by atoms with Crippen molar-refractivity contribution in [3.63, 3.8) is 0 Å². The molecule has 6 nitrogen and oxygen atoms in total. The average molecular weight is 327 g/mol. The monoisotopic (exact) mass is 326 g/mol. The lowest BCUT2D eigenvalue weighted by molar-refractivity contribution is 0.0696. The van der Waals surface area contributed by atoms with Crippen molar-refractivity contribution in [2.45, 2.75) is 20.0 Å². The maximum Gasteiger partial charge on any atom is 0.335 e. The molecule has 0 saturated carbocycles. The minimum Gasteiger partial charge on any atom is -0.483 e. The molecule has 0 atom stereocenters. The summed E-state index contributed by atoms with van der Waals surface area (Å²) in [5.41, 5.74) is 0.185. The van der Waals surface area contributed by atoms with Crippen LogP contribution in [0.25, 0.3) is 0 Å². The number of benzene rings is 1. The molecule has 0 aliphatic carbocycles. The van der Waals surface area contributed by atoms with Crippen LogP contribution in [0, 0.1) is 0 Å². The van der Waals surface area contributed by atoms with Gasteiger partial charge in [-0.1, -0.05) is 6.92 Å². The van der Waals surface area contributed by atoms with Crippen molar-refractivity contribution in [2.75, 3.05) is 0 Å². The van der Waals surface area contributed by atoms with E-state index < -0.39 is 5.97 Å². The van der Waals surface area contributed by atoms with Crippen molar-refractivity contribution < 1.29 is 19.1 Å². The number of ether oxygens (including phenoxy) is 1. The van der Waals surface area contributed by atoms with E-state index >= 15 is 0 Å². The molecular weight excluding hydrogens is 316 g/mol. The van der Waals surface area contributed by atoms with E-state index in [1.54, 1.807) is 6.07 Å². The molecule has 0 amide bonds. The Morgan fingerprint density at radius 2 is 2.16 bits per heavy atom. The highest BCUT2D eigenvalue weighted by molar-refractivity contribution is 9.10. The van der Waals surface area contributed by atoms with Gasteiger partial charge in [-0.3, -0.25) is 0 Å². The van der Waals surface area contributed by atoms with Gasteiger partial charge in [-0.05, 0) is 34.1 Å². The van der Waals surface area contributed by atoms with Gasteiger partial charge < -0.3 is 14.3 Å². The SMILES string of the molecule is CCc1nnc(COc2ccc(C(=O)O)cc2Br)o1. The maximum absolute atomic E-state index is 10.8. The molecule has 2 aromatic rings. The summed E-state index contributed by atoms with van der Waals surface area (Å²) in [6, 6.07) is 4.52. The highest BCUT2D eigenvalue weighted by Crippen LogP contribution is 2.26. The van der Waals surface area contributed by atoms with Crippen LogP contribution < -0.4 is 4.74 Å². The average Bonchev–Trinajstić information content (AvgIpc) is 2.85. The van der Waals surface area contributed by atoms with Gasteiger partial charge in [0.15, 0.2) is 6.61 Å². The molecule has 1 aromatic heterocycles. The van der Waals surface area contributed by atoms with Crippen LogP contribution in [0.3, 0.4) is 0 Å². The zero-order chi connectivity index (χ0) is 13.8. The molecule has 0 aliphatic rings. The highest BCUT2D eigenvalue weighted by atomic mass is 79.9. The van der Waals surface area contributed by atoms with Crippen LogP contribution in [0.4, 0.5) is 0 Å². The van der Waals surface area contributed by atoms with E-state index in [2.05, 4.69) is 26.1 Å². The minimum absolute atomic E-state index is 0.137. The predicted molar refractivity (Wildman–Crippen MR) is 69.1 cm³/mol. The van der Waals surface area contributed by atoms with Crippen molar-refractivity contribution in [2.24, 2.45) is 0 Å². The third-order valence-corrected chi connectivity index (χ3v) is 2.96. The quantitative estimate of drug-likeness (QED) is 0.909. The number of carbonyl (C=O) groups is 1. The van der Waals surface area contributed by atoms with Crippen LogP contribution in [0.5, 0.6) is 5.75 Å². The van der Waals surface area contributed by atoms with E-state index in [0.717, 1.165) is 0 Å². The largest absolute Gasteiger partial charge is 0.483 e. The van der Waals surface area contributed by atoms with Crippen molar-refractivity contribution in [3.05, 3.63) is 40.0 Å². The lowest BCUT2D eigenvalue weighted by Gasteiger charge is -2.06. The lowest BCUT2D eigenvalue weighted by Crippen LogP contribution is -1.99. The molecular formula is C12H11BrN2O4. The standard InChI is InChI=1S/C12H11BrN2O4/c1-2-10-14-15-11(19-10)6-18-9-4-3-7(12(16)17)5-8(9)13/h3-5H,2,6H2,1H3,(H,16,17). The Morgan fingerprint density at radius 3 is 2.74 bits per heavy atom. The van der Waals surface area contributed by atoms with E-state index in [4.69, 9.17) is 14.3 Å². The van der Waals surface area contributed by atoms with Gasteiger partial charge in [0.2, 0.25) is 5.89 Å². The number of hydrogen-bond acceptors (Lipinski definition) is 5. The molecule has 1 N–H and O–H groups in total. The fraction of sp³-hybridized carbons (Fsp3) is 0.250. The number of aromatic carboxylic acids is 1. The number of aryl methyl sites for hydroxylation is 1. The van der Waals surface area contributed by atoms with Crippen LogP contribution in [-0.4, -0.2) is 21.3 Å². The van der Waals surface area contributed by atoms with Gasteiger partial charge in [0.1, 0.15) is 5.75 Å². The van der Waals surface area contributed by atoms with Crippen LogP contribution in [0.2, 0.25) is 0 Å². The topological polar surface area (TPSA) is 85.5 Å². The first-order valence-corrected chi connectivity index (χ1v) is 6.36. The number of aromatic nitrogens is 2. The van der Waals surface area contributed by atoms with Crippen molar-refractivity contribution in [1.29, 1.82) is 0 Å². The van der Waals surface area contributed by atoms with Crippen molar-refractivity contribution >= 4 is 21.9 Å². The molecule has 1 aromatic carbocycles. The number of halogens is 1. The molecule has 2 rings (SSSR count). The second-order valence-corrected chi connectivity index (χ2v) is 4.54. The number of carboxylic acid groups (broad SMARTS) is 1.